The summed E-state index contributed by atoms with van der Waals surface area (Å²) in [7, 11) is 0. The highest BCUT2D eigenvalue weighted by molar-refractivity contribution is 5.97. The first-order valence-electron chi connectivity index (χ1n) is 13.1. The molecule has 0 saturated carbocycles. The molecule has 5 rings (SSSR count). The molecule has 0 atom stereocenters. The van der Waals surface area contributed by atoms with E-state index in [2.05, 4.69) is 145 Å². The minimum Gasteiger partial charge on any atom is -0.372 e. The van der Waals surface area contributed by atoms with Crippen LogP contribution in [0.5, 0.6) is 0 Å². The van der Waals surface area contributed by atoms with Crippen molar-refractivity contribution in [3.05, 3.63) is 114 Å². The van der Waals surface area contributed by atoms with Gasteiger partial charge in [0.1, 0.15) is 0 Å². The molecular formula is C35H36N2. The molecule has 0 heterocycles. The molecule has 0 unspecified atom stereocenters. The first-order chi connectivity index (χ1) is 18.2. The predicted molar refractivity (Wildman–Crippen MR) is 164 cm³/mol. The van der Waals surface area contributed by atoms with Crippen molar-refractivity contribution in [3.8, 4) is 12.3 Å². The van der Waals surface area contributed by atoms with E-state index in [0.29, 0.717) is 0 Å². The fraction of sp³-hybridized carbons (Fsp3) is 0.200. The lowest BCUT2D eigenvalue weighted by molar-refractivity contribution is 0.866. The maximum Gasteiger partial charge on any atom is 0.0415 e. The Morgan fingerprint density at radius 3 is 2.19 bits per heavy atom. The Balaban J connectivity index is 0.00000102. The molecule has 0 bridgehead atoms. The molecule has 2 nitrogen and oxygen atoms in total. The fourth-order valence-corrected chi connectivity index (χ4v) is 5.00. The maximum absolute atomic E-state index is 4.60. The molecule has 0 aliphatic heterocycles. The zero-order chi connectivity index (χ0) is 26.0. The van der Waals surface area contributed by atoms with E-state index in [0.717, 1.165) is 26.1 Å². The highest BCUT2D eigenvalue weighted by atomic mass is 15.1. The van der Waals surface area contributed by atoms with E-state index in [9.17, 15) is 0 Å². The summed E-state index contributed by atoms with van der Waals surface area (Å²) in [5.74, 6) is 2.25. The molecule has 186 valence electrons. The van der Waals surface area contributed by atoms with Crippen LogP contribution in [0.15, 0.2) is 97.1 Å². The van der Waals surface area contributed by atoms with Crippen molar-refractivity contribution in [1.29, 1.82) is 0 Å². The molecule has 0 radical (unpaired) electrons. The lowest BCUT2D eigenvalue weighted by atomic mass is 9.89. The van der Waals surface area contributed by atoms with Crippen LogP contribution in [-0.2, 0) is 6.42 Å². The van der Waals surface area contributed by atoms with E-state index >= 15 is 0 Å². The van der Waals surface area contributed by atoms with Gasteiger partial charge in [-0.25, -0.2) is 0 Å². The Morgan fingerprint density at radius 2 is 1.49 bits per heavy atom. The van der Waals surface area contributed by atoms with Gasteiger partial charge in [-0.3, -0.25) is 0 Å². The molecule has 2 heteroatoms. The predicted octanol–water partition coefficient (Wildman–Crippen LogP) is 8.75. The molecule has 0 amide bonds. The minimum atomic E-state index is 0.809. The summed E-state index contributed by atoms with van der Waals surface area (Å²) in [5, 5.41) is 2.73. The number of hydrogen-bond donors (Lipinski definition) is 0. The van der Waals surface area contributed by atoms with Gasteiger partial charge < -0.3 is 9.80 Å². The van der Waals surface area contributed by atoms with Crippen LogP contribution in [-0.4, -0.2) is 19.6 Å². The van der Waals surface area contributed by atoms with Gasteiger partial charge in [0, 0.05) is 36.7 Å². The normalized spacial score (nSPS) is 11.6. The lowest BCUT2D eigenvalue weighted by Gasteiger charge is -2.26. The number of anilines is 3. The average molecular weight is 485 g/mol. The molecular weight excluding hydrogens is 448 g/mol. The zero-order valence-electron chi connectivity index (χ0n) is 22.2. The molecule has 0 spiro atoms. The smallest absolute Gasteiger partial charge is 0.0415 e. The second-order valence-corrected chi connectivity index (χ2v) is 9.01. The molecule has 4 aromatic carbocycles. The third-order valence-corrected chi connectivity index (χ3v) is 6.78. The van der Waals surface area contributed by atoms with Crippen molar-refractivity contribution in [2.24, 2.45) is 0 Å². The van der Waals surface area contributed by atoms with Crippen LogP contribution in [0, 0.1) is 12.3 Å². The summed E-state index contributed by atoms with van der Waals surface area (Å²) in [5.41, 5.74) is 7.75. The third-order valence-electron chi connectivity index (χ3n) is 6.78. The molecule has 0 fully saturated rings. The molecule has 37 heavy (non-hydrogen) atoms. The van der Waals surface area contributed by atoms with Gasteiger partial charge in [0.25, 0.3) is 0 Å². The van der Waals surface area contributed by atoms with Gasteiger partial charge in [-0.15, -0.1) is 12.3 Å². The third kappa shape index (κ3) is 5.96. The number of hydrogen-bond acceptors (Lipinski definition) is 2. The second-order valence-electron chi connectivity index (χ2n) is 9.01. The van der Waals surface area contributed by atoms with Crippen LogP contribution in [0.4, 0.5) is 17.1 Å². The lowest BCUT2D eigenvalue weighted by Crippen LogP contribution is -2.22. The number of terminal acetylenes is 1. The topological polar surface area (TPSA) is 6.48 Å². The number of benzene rings is 4. The summed E-state index contributed by atoms with van der Waals surface area (Å²) in [4.78, 5) is 4.75. The number of allylic oxidation sites excluding steroid dienone is 1. The van der Waals surface area contributed by atoms with Gasteiger partial charge in [0.05, 0.1) is 0 Å². The fourth-order valence-electron chi connectivity index (χ4n) is 5.00. The van der Waals surface area contributed by atoms with Crippen LogP contribution >= 0.6 is 0 Å². The van der Waals surface area contributed by atoms with Gasteiger partial charge >= 0.3 is 0 Å². The molecule has 0 N–H and O–H groups in total. The van der Waals surface area contributed by atoms with Gasteiger partial charge in [-0.1, -0.05) is 72.8 Å². The standard InChI is InChI=1S/C32H32N2.C3H4/c1-3-33(4-2)28-20-22-30(23-21-28)34(29-15-6-5-7-16-29)24-10-14-25-18-19-27-12-8-11-26-13-9-17-31(25)32(26)27;1-3-2/h5-16,18-23H,3-4,17,24H2,1-2H3;1H,2H3/b14-10-;. The van der Waals surface area contributed by atoms with Crippen LogP contribution in [0.1, 0.15) is 37.5 Å². The molecule has 1 aliphatic carbocycles. The summed E-state index contributed by atoms with van der Waals surface area (Å²) < 4.78 is 0. The number of nitrogens with zero attached hydrogens (tertiary/aromatic N) is 2. The summed E-state index contributed by atoms with van der Waals surface area (Å²) >= 11 is 0. The Bertz CT molecular complexity index is 1400. The SMILES string of the molecule is C#CC.CCN(CC)c1ccc(N(C/C=C\c2ccc3cccc4c3c2CC=C4)c2ccccc2)cc1. The van der Waals surface area contributed by atoms with Crippen molar-refractivity contribution in [3.63, 3.8) is 0 Å². The van der Waals surface area contributed by atoms with Crippen molar-refractivity contribution in [1.82, 2.24) is 0 Å². The van der Waals surface area contributed by atoms with Crippen molar-refractivity contribution in [2.75, 3.05) is 29.4 Å². The van der Waals surface area contributed by atoms with Crippen molar-refractivity contribution in [2.45, 2.75) is 27.2 Å². The molecule has 1 aliphatic rings. The summed E-state index contributed by atoms with van der Waals surface area (Å²) in [6, 6.07) is 30.7. The van der Waals surface area contributed by atoms with E-state index in [-0.39, 0.29) is 0 Å². The quantitative estimate of drug-likeness (QED) is 0.231. The largest absolute Gasteiger partial charge is 0.372 e. The van der Waals surface area contributed by atoms with Gasteiger partial charge in [-0.2, -0.15) is 0 Å². The highest BCUT2D eigenvalue weighted by Gasteiger charge is 2.12. The van der Waals surface area contributed by atoms with Gasteiger partial charge in [0.15, 0.2) is 0 Å². The van der Waals surface area contributed by atoms with Crippen LogP contribution in [0.25, 0.3) is 22.9 Å². The number of rotatable bonds is 8. The Hall–Kier alpha value is -4.22. The highest BCUT2D eigenvalue weighted by Crippen LogP contribution is 2.32. The molecule has 0 saturated heterocycles. The summed E-state index contributed by atoms with van der Waals surface area (Å²) in [6.07, 6.45) is 14.7. The minimum absolute atomic E-state index is 0.809. The number of para-hydroxylation sites is 1. The average Bonchev–Trinajstić information content (AvgIpc) is 2.95. The van der Waals surface area contributed by atoms with E-state index in [4.69, 9.17) is 0 Å². The van der Waals surface area contributed by atoms with Crippen LogP contribution < -0.4 is 9.80 Å². The molecule has 0 aromatic heterocycles. The van der Waals surface area contributed by atoms with Gasteiger partial charge in [-0.05, 0) is 91.1 Å². The van der Waals surface area contributed by atoms with Crippen molar-refractivity contribution < 1.29 is 0 Å². The van der Waals surface area contributed by atoms with Crippen LogP contribution in [0.3, 0.4) is 0 Å². The van der Waals surface area contributed by atoms with E-state index in [1.807, 2.05) is 0 Å². The molecule has 4 aromatic rings. The monoisotopic (exact) mass is 484 g/mol. The summed E-state index contributed by atoms with van der Waals surface area (Å²) in [6.45, 7) is 8.91. The maximum atomic E-state index is 4.60. The Labute approximate surface area is 222 Å². The van der Waals surface area contributed by atoms with Crippen molar-refractivity contribution >= 4 is 40.0 Å². The second kappa shape index (κ2) is 12.7. The van der Waals surface area contributed by atoms with Gasteiger partial charge in [0.2, 0.25) is 0 Å². The van der Waals surface area contributed by atoms with E-state index in [1.54, 1.807) is 6.92 Å². The van der Waals surface area contributed by atoms with E-state index < -0.39 is 0 Å². The Morgan fingerprint density at radius 1 is 0.811 bits per heavy atom. The Kier molecular flexibility index (Phi) is 8.84. The van der Waals surface area contributed by atoms with Crippen LogP contribution in [0.2, 0.25) is 0 Å². The van der Waals surface area contributed by atoms with E-state index in [1.165, 1.54) is 44.5 Å². The zero-order valence-corrected chi connectivity index (χ0v) is 22.2. The first-order valence-corrected chi connectivity index (χ1v) is 13.1. The first kappa shape index (κ1) is 25.9.